The Morgan fingerprint density at radius 1 is 0.871 bits per heavy atom. The van der Waals surface area contributed by atoms with Gasteiger partial charge in [-0.15, -0.1) is 0 Å². The van der Waals surface area contributed by atoms with E-state index < -0.39 is 22.6 Å². The molecule has 0 fully saturated rings. The first-order chi connectivity index (χ1) is 14.9. The maximum Gasteiger partial charge on any atom is 0.269 e. The van der Waals surface area contributed by atoms with Crippen LogP contribution < -0.4 is 5.32 Å². The van der Waals surface area contributed by atoms with Crippen LogP contribution in [0.25, 0.3) is 0 Å². The highest BCUT2D eigenvalue weighted by atomic mass is 32.2. The van der Waals surface area contributed by atoms with Gasteiger partial charge in [-0.1, -0.05) is 23.9 Å². The maximum absolute atomic E-state index is 12.4. The number of amides is 3. The Morgan fingerprint density at radius 3 is 1.90 bits per heavy atom. The van der Waals surface area contributed by atoms with Crippen molar-refractivity contribution in [2.45, 2.75) is 9.79 Å². The highest BCUT2D eigenvalue weighted by Gasteiger charge is 2.36. The molecule has 4 rings (SSSR count). The summed E-state index contributed by atoms with van der Waals surface area (Å²) in [4.78, 5) is 50.0. The van der Waals surface area contributed by atoms with Crippen LogP contribution in [0.3, 0.4) is 0 Å². The minimum Gasteiger partial charge on any atom is -0.325 e. The van der Waals surface area contributed by atoms with Gasteiger partial charge in [0.05, 0.1) is 16.1 Å². The number of carbonyl (C=O) groups excluding carboxylic acids is 3. The molecule has 0 unspecified atom stereocenters. The lowest BCUT2D eigenvalue weighted by Crippen LogP contribution is -2.37. The molecule has 31 heavy (non-hydrogen) atoms. The Kier molecular flexibility index (Phi) is 5.50. The van der Waals surface area contributed by atoms with E-state index in [1.807, 2.05) is 0 Å². The molecule has 9 heteroatoms. The predicted octanol–water partition coefficient (Wildman–Crippen LogP) is 3.98. The largest absolute Gasteiger partial charge is 0.325 e. The molecule has 8 nitrogen and oxygen atoms in total. The number of hydrogen-bond donors (Lipinski definition) is 1. The second-order valence-electron chi connectivity index (χ2n) is 6.67. The van der Waals surface area contributed by atoms with Crippen LogP contribution in [-0.2, 0) is 4.79 Å². The average molecular weight is 433 g/mol. The number of hydrogen-bond acceptors (Lipinski definition) is 6. The molecule has 1 aliphatic rings. The molecule has 3 aromatic carbocycles. The molecule has 1 heterocycles. The van der Waals surface area contributed by atoms with E-state index >= 15 is 0 Å². The summed E-state index contributed by atoms with van der Waals surface area (Å²) >= 11 is 1.42. The molecule has 0 saturated carbocycles. The van der Waals surface area contributed by atoms with Crippen LogP contribution in [0.5, 0.6) is 0 Å². The van der Waals surface area contributed by atoms with Gasteiger partial charge < -0.3 is 5.32 Å². The summed E-state index contributed by atoms with van der Waals surface area (Å²) in [5.74, 6) is -1.44. The molecule has 0 spiro atoms. The molecule has 154 valence electrons. The van der Waals surface area contributed by atoms with E-state index in [-0.39, 0.29) is 12.2 Å². The van der Waals surface area contributed by atoms with Crippen molar-refractivity contribution < 1.29 is 19.3 Å². The number of nitro groups is 1. The molecular weight excluding hydrogens is 418 g/mol. The van der Waals surface area contributed by atoms with Crippen molar-refractivity contribution in [2.75, 3.05) is 11.9 Å². The third kappa shape index (κ3) is 4.31. The molecule has 1 N–H and O–H groups in total. The number of carbonyl (C=O) groups is 3. The highest BCUT2D eigenvalue weighted by molar-refractivity contribution is 7.99. The fourth-order valence-corrected chi connectivity index (χ4v) is 3.92. The van der Waals surface area contributed by atoms with Crippen LogP contribution in [-0.4, -0.2) is 34.1 Å². The van der Waals surface area contributed by atoms with Gasteiger partial charge in [-0.25, -0.2) is 0 Å². The normalized spacial score (nSPS) is 12.6. The average Bonchev–Trinajstić information content (AvgIpc) is 3.00. The summed E-state index contributed by atoms with van der Waals surface area (Å²) in [5, 5.41) is 13.4. The highest BCUT2D eigenvalue weighted by Crippen LogP contribution is 2.30. The Balaban J connectivity index is 1.36. The Morgan fingerprint density at radius 2 is 1.39 bits per heavy atom. The number of fused-ring (bicyclic) bond motifs is 1. The van der Waals surface area contributed by atoms with Gasteiger partial charge in [0.1, 0.15) is 6.54 Å². The molecule has 0 aromatic heterocycles. The van der Waals surface area contributed by atoms with Gasteiger partial charge in [-0.05, 0) is 48.5 Å². The van der Waals surface area contributed by atoms with Crippen LogP contribution in [0.1, 0.15) is 20.7 Å². The van der Waals surface area contributed by atoms with E-state index in [0.29, 0.717) is 16.8 Å². The van der Waals surface area contributed by atoms with Crippen molar-refractivity contribution in [3.8, 4) is 0 Å². The van der Waals surface area contributed by atoms with Gasteiger partial charge in [0, 0.05) is 27.6 Å². The first-order valence-corrected chi connectivity index (χ1v) is 10.0. The van der Waals surface area contributed by atoms with Gasteiger partial charge in [0.15, 0.2) is 0 Å². The molecule has 0 saturated heterocycles. The summed E-state index contributed by atoms with van der Waals surface area (Å²) in [6.07, 6.45) is 0. The topological polar surface area (TPSA) is 110 Å². The second-order valence-corrected chi connectivity index (χ2v) is 7.81. The number of nitro benzene ring substituents is 1. The lowest BCUT2D eigenvalue weighted by atomic mass is 10.1. The van der Waals surface area contributed by atoms with Crippen LogP contribution in [0.4, 0.5) is 11.4 Å². The van der Waals surface area contributed by atoms with Crippen molar-refractivity contribution >= 4 is 40.9 Å². The first-order valence-electron chi connectivity index (χ1n) is 9.20. The summed E-state index contributed by atoms with van der Waals surface area (Å²) < 4.78 is 0. The van der Waals surface area contributed by atoms with E-state index in [9.17, 15) is 24.5 Å². The van der Waals surface area contributed by atoms with E-state index in [0.717, 1.165) is 14.7 Å². The van der Waals surface area contributed by atoms with Gasteiger partial charge in [-0.2, -0.15) is 0 Å². The molecule has 0 radical (unpaired) electrons. The summed E-state index contributed by atoms with van der Waals surface area (Å²) in [6, 6.07) is 19.7. The molecular formula is C22H15N3O5S. The lowest BCUT2D eigenvalue weighted by Gasteiger charge is -2.13. The number of rotatable bonds is 6. The third-order valence-corrected chi connectivity index (χ3v) is 5.62. The zero-order chi connectivity index (χ0) is 22.0. The number of imide groups is 1. The van der Waals surface area contributed by atoms with Crippen LogP contribution in [0.15, 0.2) is 82.6 Å². The standard InChI is InChI=1S/C22H15N3O5S/c26-20(13-24-21(27)18-3-1-2-4-19(18)22(24)28)23-14-5-9-16(10-6-14)31-17-11-7-15(8-12-17)25(29)30/h1-12H,13H2,(H,23,26). The Bertz CT molecular complexity index is 1160. The third-order valence-electron chi connectivity index (χ3n) is 4.60. The SMILES string of the molecule is O=C(CN1C(=O)c2ccccc2C1=O)Nc1ccc(Sc2ccc([N+](=O)[O-])cc2)cc1. The Labute approximate surface area is 181 Å². The number of nitrogens with zero attached hydrogens (tertiary/aromatic N) is 2. The summed E-state index contributed by atoms with van der Waals surface area (Å²) in [6.45, 7) is -0.369. The second kappa shape index (κ2) is 8.41. The van der Waals surface area contributed by atoms with E-state index in [4.69, 9.17) is 0 Å². The minimum atomic E-state index is -0.481. The van der Waals surface area contributed by atoms with Crippen molar-refractivity contribution in [3.63, 3.8) is 0 Å². The minimum absolute atomic E-state index is 0.0282. The monoisotopic (exact) mass is 433 g/mol. The van der Waals surface area contributed by atoms with E-state index in [1.165, 1.54) is 23.9 Å². The van der Waals surface area contributed by atoms with Crippen LogP contribution >= 0.6 is 11.8 Å². The predicted molar refractivity (Wildman–Crippen MR) is 114 cm³/mol. The van der Waals surface area contributed by atoms with E-state index in [2.05, 4.69) is 5.32 Å². The van der Waals surface area contributed by atoms with Gasteiger partial charge in [-0.3, -0.25) is 29.4 Å². The van der Waals surface area contributed by atoms with Crippen LogP contribution in [0, 0.1) is 10.1 Å². The summed E-state index contributed by atoms with van der Waals surface area (Å²) in [7, 11) is 0. The fourth-order valence-electron chi connectivity index (χ4n) is 3.11. The lowest BCUT2D eigenvalue weighted by molar-refractivity contribution is -0.384. The zero-order valence-corrected chi connectivity index (χ0v) is 16.8. The number of benzene rings is 3. The maximum atomic E-state index is 12.4. The zero-order valence-electron chi connectivity index (χ0n) is 16.0. The van der Waals surface area contributed by atoms with Crippen molar-refractivity contribution in [3.05, 3.63) is 94.0 Å². The quantitative estimate of drug-likeness (QED) is 0.358. The number of anilines is 1. The van der Waals surface area contributed by atoms with Crippen molar-refractivity contribution in [1.29, 1.82) is 0 Å². The van der Waals surface area contributed by atoms with Gasteiger partial charge in [0.25, 0.3) is 17.5 Å². The van der Waals surface area contributed by atoms with Gasteiger partial charge in [0.2, 0.25) is 5.91 Å². The number of nitrogens with one attached hydrogen (secondary N) is 1. The molecule has 3 aromatic rings. The molecule has 1 aliphatic heterocycles. The van der Waals surface area contributed by atoms with E-state index in [1.54, 1.807) is 60.7 Å². The first kappa shape index (κ1) is 20.3. The van der Waals surface area contributed by atoms with Crippen molar-refractivity contribution in [1.82, 2.24) is 4.90 Å². The molecule has 0 atom stereocenters. The van der Waals surface area contributed by atoms with Crippen LogP contribution in [0.2, 0.25) is 0 Å². The van der Waals surface area contributed by atoms with Crippen molar-refractivity contribution in [2.24, 2.45) is 0 Å². The number of non-ortho nitro benzene ring substituents is 1. The smallest absolute Gasteiger partial charge is 0.269 e. The fraction of sp³-hybridized carbons (Fsp3) is 0.0455. The Hall–Kier alpha value is -3.98. The van der Waals surface area contributed by atoms with Gasteiger partial charge >= 0.3 is 0 Å². The molecule has 3 amide bonds. The molecule has 0 aliphatic carbocycles. The summed E-state index contributed by atoms with van der Waals surface area (Å²) in [5.41, 5.74) is 1.15. The molecule has 0 bridgehead atoms.